The topological polar surface area (TPSA) is 29.1 Å². The monoisotopic (exact) mass is 199 g/mol. The summed E-state index contributed by atoms with van der Waals surface area (Å²) in [6.07, 6.45) is 3.82. The van der Waals surface area contributed by atoms with Crippen LogP contribution in [0.5, 0.6) is 0 Å². The summed E-state index contributed by atoms with van der Waals surface area (Å²) < 4.78 is 0. The van der Waals surface area contributed by atoms with E-state index < -0.39 is 0 Å². The molecule has 1 N–H and O–H groups in total. The van der Waals surface area contributed by atoms with Gasteiger partial charge in [-0.25, -0.2) is 0 Å². The van der Waals surface area contributed by atoms with Gasteiger partial charge >= 0.3 is 0 Å². The van der Waals surface area contributed by atoms with Gasteiger partial charge in [0.25, 0.3) is 0 Å². The Hall–Kier alpha value is -0.440. The summed E-state index contributed by atoms with van der Waals surface area (Å²) in [5.74, 6) is 2.69. The highest BCUT2D eigenvalue weighted by atomic mass is 32.2. The van der Waals surface area contributed by atoms with Crippen molar-refractivity contribution in [3.05, 3.63) is 12.7 Å². The van der Waals surface area contributed by atoms with Gasteiger partial charge in [0.2, 0.25) is 5.91 Å². The fraction of sp³-hybridized carbons (Fsp3) is 0.700. The summed E-state index contributed by atoms with van der Waals surface area (Å²) in [5, 5.41) is 2.93. The molecule has 1 fully saturated rings. The van der Waals surface area contributed by atoms with Crippen LogP contribution in [-0.4, -0.2) is 23.5 Å². The van der Waals surface area contributed by atoms with Crippen LogP contribution in [0.15, 0.2) is 12.7 Å². The van der Waals surface area contributed by atoms with E-state index in [9.17, 15) is 4.79 Å². The number of hydrogen-bond donors (Lipinski definition) is 1. The first kappa shape index (κ1) is 10.6. The highest BCUT2D eigenvalue weighted by Crippen LogP contribution is 2.22. The van der Waals surface area contributed by atoms with E-state index in [-0.39, 0.29) is 17.9 Å². The minimum atomic E-state index is 0.0991. The van der Waals surface area contributed by atoms with Crippen LogP contribution >= 0.6 is 11.8 Å². The van der Waals surface area contributed by atoms with E-state index in [1.54, 1.807) is 6.08 Å². The van der Waals surface area contributed by atoms with Crippen LogP contribution in [-0.2, 0) is 4.79 Å². The molecule has 2 nitrogen and oxygen atoms in total. The molecule has 0 aromatic carbocycles. The normalized spacial score (nSPS) is 20.7. The van der Waals surface area contributed by atoms with E-state index >= 15 is 0 Å². The minimum Gasteiger partial charge on any atom is -0.350 e. The minimum absolute atomic E-state index is 0.0991. The van der Waals surface area contributed by atoms with E-state index in [1.807, 2.05) is 18.7 Å². The zero-order chi connectivity index (χ0) is 9.68. The summed E-state index contributed by atoms with van der Waals surface area (Å²) in [6.45, 7) is 5.59. The molecule has 3 heteroatoms. The molecule has 0 saturated carbocycles. The van der Waals surface area contributed by atoms with Gasteiger partial charge in [0.15, 0.2) is 0 Å². The van der Waals surface area contributed by atoms with Gasteiger partial charge < -0.3 is 5.32 Å². The Morgan fingerprint density at radius 3 is 2.77 bits per heavy atom. The maximum atomic E-state index is 11.6. The maximum absolute atomic E-state index is 11.6. The fourth-order valence-corrected chi connectivity index (χ4v) is 2.47. The van der Waals surface area contributed by atoms with Crippen molar-refractivity contribution in [1.82, 2.24) is 5.32 Å². The van der Waals surface area contributed by atoms with Crippen LogP contribution in [0.2, 0.25) is 0 Å². The largest absolute Gasteiger partial charge is 0.350 e. The lowest BCUT2D eigenvalue weighted by atomic mass is 10.0. The van der Waals surface area contributed by atoms with Gasteiger partial charge in [-0.2, -0.15) is 11.8 Å². The summed E-state index contributed by atoms with van der Waals surface area (Å²) in [6, 6.07) is 0.0991. The Bertz CT molecular complexity index is 187. The summed E-state index contributed by atoms with van der Waals surface area (Å²) >= 11 is 1.94. The molecule has 0 aliphatic carbocycles. The molecule has 1 atom stereocenters. The van der Waals surface area contributed by atoms with Crippen LogP contribution < -0.4 is 5.32 Å². The van der Waals surface area contributed by atoms with Gasteiger partial charge in [0.05, 0.1) is 0 Å². The van der Waals surface area contributed by atoms with Gasteiger partial charge in [-0.15, -0.1) is 6.58 Å². The van der Waals surface area contributed by atoms with Crippen LogP contribution in [0.3, 0.4) is 0 Å². The first-order valence-corrected chi connectivity index (χ1v) is 5.90. The van der Waals surface area contributed by atoms with Crippen molar-refractivity contribution in [2.24, 2.45) is 5.92 Å². The van der Waals surface area contributed by atoms with Crippen LogP contribution in [0.1, 0.15) is 19.8 Å². The quantitative estimate of drug-likeness (QED) is 0.702. The third-order valence-corrected chi connectivity index (χ3v) is 3.36. The number of thioether (sulfide) groups is 1. The van der Waals surface area contributed by atoms with Crippen molar-refractivity contribution in [2.75, 3.05) is 11.5 Å². The van der Waals surface area contributed by atoms with Crippen molar-refractivity contribution < 1.29 is 4.79 Å². The molecule has 1 unspecified atom stereocenters. The average Bonchev–Trinajstić information content (AvgIpc) is 2.19. The number of nitrogens with one attached hydrogen (secondary N) is 1. The molecule has 1 aliphatic heterocycles. The molecule has 0 aromatic heterocycles. The van der Waals surface area contributed by atoms with Crippen LogP contribution in [0.4, 0.5) is 0 Å². The van der Waals surface area contributed by atoms with Gasteiger partial charge in [0.1, 0.15) is 0 Å². The Morgan fingerprint density at radius 1 is 1.62 bits per heavy atom. The first-order valence-electron chi connectivity index (χ1n) is 4.74. The fourth-order valence-electron chi connectivity index (χ4n) is 1.36. The van der Waals surface area contributed by atoms with Gasteiger partial charge in [-0.1, -0.05) is 6.08 Å². The lowest BCUT2D eigenvalue weighted by Crippen LogP contribution is -2.37. The lowest BCUT2D eigenvalue weighted by molar-refractivity contribution is -0.125. The summed E-state index contributed by atoms with van der Waals surface area (Å²) in [7, 11) is 0. The van der Waals surface area contributed by atoms with Gasteiger partial charge in [-0.05, 0) is 31.3 Å². The van der Waals surface area contributed by atoms with E-state index in [4.69, 9.17) is 0 Å². The highest BCUT2D eigenvalue weighted by Gasteiger charge is 2.21. The number of rotatable bonds is 3. The number of amides is 1. The second kappa shape index (κ2) is 5.32. The SMILES string of the molecule is C=CC(C)NC(=O)C1CCSCC1. The highest BCUT2D eigenvalue weighted by molar-refractivity contribution is 7.99. The molecule has 0 bridgehead atoms. The lowest BCUT2D eigenvalue weighted by Gasteiger charge is -2.21. The van der Waals surface area contributed by atoms with E-state index in [2.05, 4.69) is 11.9 Å². The van der Waals surface area contributed by atoms with E-state index in [1.165, 1.54) is 0 Å². The second-order valence-corrected chi connectivity index (χ2v) is 4.64. The molecule has 1 aliphatic rings. The number of hydrogen-bond acceptors (Lipinski definition) is 2. The third kappa shape index (κ3) is 3.43. The molecule has 0 aromatic rings. The van der Waals surface area contributed by atoms with Crippen molar-refractivity contribution in [3.8, 4) is 0 Å². The Balaban J connectivity index is 2.32. The summed E-state index contributed by atoms with van der Waals surface area (Å²) in [4.78, 5) is 11.6. The molecule has 1 heterocycles. The van der Waals surface area contributed by atoms with Crippen molar-refractivity contribution in [1.29, 1.82) is 0 Å². The zero-order valence-corrected chi connectivity index (χ0v) is 8.90. The van der Waals surface area contributed by atoms with Crippen LogP contribution in [0, 0.1) is 5.92 Å². The predicted octanol–water partition coefficient (Wildman–Crippen LogP) is 1.82. The van der Waals surface area contributed by atoms with Crippen molar-refractivity contribution in [2.45, 2.75) is 25.8 Å². The Kier molecular flexibility index (Phi) is 4.36. The molecule has 13 heavy (non-hydrogen) atoms. The number of carbonyl (C=O) groups is 1. The second-order valence-electron chi connectivity index (χ2n) is 3.42. The van der Waals surface area contributed by atoms with Crippen molar-refractivity contribution in [3.63, 3.8) is 0 Å². The molecule has 1 rings (SSSR count). The average molecular weight is 199 g/mol. The summed E-state index contributed by atoms with van der Waals surface area (Å²) in [5.41, 5.74) is 0. The standard InChI is InChI=1S/C10H17NOS/c1-3-8(2)11-10(12)9-4-6-13-7-5-9/h3,8-9H,1,4-7H2,2H3,(H,11,12). The molecule has 1 saturated heterocycles. The smallest absolute Gasteiger partial charge is 0.223 e. The molecule has 74 valence electrons. The Morgan fingerprint density at radius 2 is 2.23 bits per heavy atom. The van der Waals surface area contributed by atoms with Crippen LogP contribution in [0.25, 0.3) is 0 Å². The molecular weight excluding hydrogens is 182 g/mol. The van der Waals surface area contributed by atoms with Gasteiger partial charge in [-0.3, -0.25) is 4.79 Å². The first-order chi connectivity index (χ1) is 6.24. The third-order valence-electron chi connectivity index (χ3n) is 2.32. The van der Waals surface area contributed by atoms with Gasteiger partial charge in [0, 0.05) is 12.0 Å². The number of carbonyl (C=O) groups excluding carboxylic acids is 1. The maximum Gasteiger partial charge on any atom is 0.223 e. The van der Waals surface area contributed by atoms with E-state index in [0.717, 1.165) is 24.3 Å². The van der Waals surface area contributed by atoms with Crippen molar-refractivity contribution >= 4 is 17.7 Å². The molecule has 1 amide bonds. The van der Waals surface area contributed by atoms with E-state index in [0.29, 0.717) is 0 Å². The predicted molar refractivity (Wildman–Crippen MR) is 57.9 cm³/mol. The molecular formula is C10H17NOS. The Labute approximate surface area is 84.2 Å². The zero-order valence-electron chi connectivity index (χ0n) is 8.08. The molecule has 0 spiro atoms. The molecule has 0 radical (unpaired) electrons.